The molecule has 6 aliphatic carbocycles. The zero-order chi connectivity index (χ0) is 85.5. The van der Waals surface area contributed by atoms with Crippen molar-refractivity contribution in [1.29, 1.82) is 0 Å². The van der Waals surface area contributed by atoms with E-state index in [4.69, 9.17) is 86.0 Å². The molecule has 0 radical (unpaired) electrons. The molecular formula is C91H120Cl2N8O18. The lowest BCUT2D eigenvalue weighted by atomic mass is 9.77. The third-order valence-electron chi connectivity index (χ3n) is 26.0. The van der Waals surface area contributed by atoms with Crippen LogP contribution in [0.5, 0.6) is 23.0 Å². The number of carboxylic acids is 1. The fraction of sp³-hybridized carbons (Fsp3) is 0.648. The van der Waals surface area contributed by atoms with Gasteiger partial charge in [0.2, 0.25) is 11.8 Å². The molecule has 26 nitrogen and oxygen atoms in total. The summed E-state index contributed by atoms with van der Waals surface area (Å²) in [6.07, 6.45) is 11.8. The minimum atomic E-state index is -1.15. The number of aromatic nitrogens is 6. The summed E-state index contributed by atoms with van der Waals surface area (Å²) in [7, 11) is 4.53. The average molecular weight is 1680 g/mol. The predicted molar refractivity (Wildman–Crippen MR) is 446 cm³/mol. The fourth-order valence-electron chi connectivity index (χ4n) is 19.0. The van der Waals surface area contributed by atoms with Gasteiger partial charge in [-0.05, 0) is 159 Å². The number of hydrogen-bond donors (Lipinski definition) is 1. The highest BCUT2D eigenvalue weighted by Crippen LogP contribution is 2.60. The van der Waals surface area contributed by atoms with Gasteiger partial charge in [0.25, 0.3) is 0 Å². The van der Waals surface area contributed by atoms with E-state index in [1.165, 1.54) is 24.9 Å². The highest BCUT2D eigenvalue weighted by Gasteiger charge is 2.63. The maximum absolute atomic E-state index is 14.9. The SMILES string of the molecule is CC[C@@H]1C[C@]1(CC(=O)[C@@H]1C[C@@H](Oc2cc(-n3ccc(CC(C)C)n3)nc3c(Cl)c(OCCOC)ccc23)CN1C(=O)[C@@H](CC(=O)OC1C[C@@H]2C[C@@H]2C1)C(C)(C)C)C(=O)O.CC[C@@H]1C[C@]1(CC(=O)[C@@H]1C[C@@H](Oc2cc(-n3ccc(CC(C)C)n3)nc3c(Cl)c(OCCOC)ccc23)CN1C(=O)[C@@H](CC(=O)OC1C[C@@H]2C[C@@H]2C1)C(C)(C)C)C(=O)OC. The molecule has 0 bridgehead atoms. The first-order valence-electron chi connectivity index (χ1n) is 42.9. The molecule has 2 unspecified atom stereocenters. The Hall–Kier alpha value is -8.46. The second-order valence-electron chi connectivity index (χ2n) is 37.8. The van der Waals surface area contributed by atoms with Gasteiger partial charge in [-0.3, -0.25) is 38.4 Å². The highest BCUT2D eigenvalue weighted by molar-refractivity contribution is 6.37. The lowest BCUT2D eigenvalue weighted by Crippen LogP contribution is -2.48. The molecule has 8 aliphatic rings. The van der Waals surface area contributed by atoms with Crippen LogP contribution in [-0.2, 0) is 74.9 Å². The van der Waals surface area contributed by atoms with Gasteiger partial charge in [-0.15, -0.1) is 0 Å². The summed E-state index contributed by atoms with van der Waals surface area (Å²) in [5, 5.41) is 21.6. The Morgan fingerprint density at radius 1 is 0.521 bits per heavy atom. The molecule has 4 aromatic heterocycles. The minimum Gasteiger partial charge on any atom is -0.490 e. The molecule has 2 aliphatic heterocycles. The Balaban J connectivity index is 0.000000206. The third-order valence-corrected chi connectivity index (χ3v) is 26.8. The largest absolute Gasteiger partial charge is 0.490 e. The number of ketones is 2. The number of ether oxygens (including phenoxy) is 9. The zero-order valence-electron chi connectivity index (χ0n) is 71.7. The predicted octanol–water partition coefficient (Wildman–Crippen LogP) is 15.1. The zero-order valence-corrected chi connectivity index (χ0v) is 73.2. The number of pyridine rings is 2. The quantitative estimate of drug-likeness (QED) is 0.0217. The first kappa shape index (κ1) is 88.3. The van der Waals surface area contributed by atoms with Crippen LogP contribution in [0.15, 0.2) is 60.9 Å². The van der Waals surface area contributed by atoms with Gasteiger partial charge in [-0.1, -0.05) is 119 Å². The first-order chi connectivity index (χ1) is 56.5. The van der Waals surface area contributed by atoms with Crippen molar-refractivity contribution in [3.63, 3.8) is 0 Å². The number of methoxy groups -OCH3 is 3. The van der Waals surface area contributed by atoms with E-state index < -0.39 is 81.7 Å². The summed E-state index contributed by atoms with van der Waals surface area (Å²) >= 11 is 14.0. The molecule has 16 atom stereocenters. The van der Waals surface area contributed by atoms with Gasteiger partial charge in [-0.25, -0.2) is 19.3 Å². The molecule has 6 heterocycles. The fourth-order valence-corrected chi connectivity index (χ4v) is 19.5. The van der Waals surface area contributed by atoms with Gasteiger partial charge in [0.15, 0.2) is 23.2 Å². The number of Topliss-reactive ketones (excluding diaryl/α,β-unsaturated/α-hetero) is 2. The Morgan fingerprint density at radius 2 is 0.916 bits per heavy atom. The van der Waals surface area contributed by atoms with E-state index in [9.17, 15) is 43.5 Å². The summed E-state index contributed by atoms with van der Waals surface area (Å²) in [6.45, 7) is 25.4. The van der Waals surface area contributed by atoms with E-state index in [2.05, 4.69) is 27.7 Å². The number of esters is 3. The summed E-state index contributed by atoms with van der Waals surface area (Å²) in [5.74, 6) is 0.909. The van der Waals surface area contributed by atoms with Crippen LogP contribution in [0.1, 0.15) is 197 Å². The summed E-state index contributed by atoms with van der Waals surface area (Å²) in [4.78, 5) is 124. The van der Waals surface area contributed by atoms with Gasteiger partial charge in [0.1, 0.15) is 70.7 Å². The molecular weight excluding hydrogens is 1560 g/mol. The van der Waals surface area contributed by atoms with Crippen LogP contribution in [0.25, 0.3) is 33.4 Å². The second kappa shape index (κ2) is 36.3. The second-order valence-corrected chi connectivity index (χ2v) is 38.5. The molecule has 119 heavy (non-hydrogen) atoms. The van der Waals surface area contributed by atoms with Crippen LogP contribution in [0, 0.1) is 80.8 Å². The summed E-state index contributed by atoms with van der Waals surface area (Å²) < 4.78 is 56.2. The van der Waals surface area contributed by atoms with Crippen LogP contribution in [-0.4, -0.2) is 189 Å². The monoisotopic (exact) mass is 1680 g/mol. The molecule has 0 spiro atoms. The van der Waals surface area contributed by atoms with Crippen molar-refractivity contribution in [2.75, 3.05) is 60.8 Å². The average Bonchev–Trinajstić information content (AvgIpc) is 1.63. The Bertz CT molecular complexity index is 4740. The molecule has 6 aromatic rings. The van der Waals surface area contributed by atoms with E-state index in [0.29, 0.717) is 129 Å². The van der Waals surface area contributed by atoms with E-state index >= 15 is 0 Å². The third kappa shape index (κ3) is 20.0. The van der Waals surface area contributed by atoms with Gasteiger partial charge in [-0.2, -0.15) is 10.2 Å². The minimum absolute atomic E-state index is 0.0169. The van der Waals surface area contributed by atoms with Crippen molar-refractivity contribution >= 4 is 92.3 Å². The van der Waals surface area contributed by atoms with Crippen molar-refractivity contribution in [3.05, 3.63) is 82.4 Å². The van der Waals surface area contributed by atoms with E-state index in [1.807, 2.05) is 92.0 Å². The van der Waals surface area contributed by atoms with Crippen LogP contribution in [0.3, 0.4) is 0 Å². The number of likely N-dealkylation sites (tertiary alicyclic amines) is 2. The number of fused-ring (bicyclic) bond motifs is 4. The number of halogens is 2. The number of nitrogens with zero attached hydrogens (tertiary/aromatic N) is 8. The van der Waals surface area contributed by atoms with Crippen LogP contribution in [0.4, 0.5) is 0 Å². The molecule has 646 valence electrons. The molecule has 6 saturated carbocycles. The maximum Gasteiger partial charge on any atom is 0.312 e. The van der Waals surface area contributed by atoms with Crippen molar-refractivity contribution < 1.29 is 86.1 Å². The topological polar surface area (TPSA) is 308 Å². The number of benzene rings is 2. The van der Waals surface area contributed by atoms with Gasteiger partial charge in [0.05, 0.1) is 103 Å². The maximum atomic E-state index is 14.9. The number of carbonyl (C=O) groups is 8. The molecule has 2 aromatic carbocycles. The van der Waals surface area contributed by atoms with E-state index in [1.54, 1.807) is 52.7 Å². The van der Waals surface area contributed by atoms with Crippen molar-refractivity contribution in [3.8, 4) is 34.6 Å². The smallest absolute Gasteiger partial charge is 0.312 e. The number of carboxylic acid groups (broad SMARTS) is 1. The van der Waals surface area contributed by atoms with Crippen LogP contribution >= 0.6 is 23.2 Å². The van der Waals surface area contributed by atoms with Crippen molar-refractivity contribution in [2.45, 2.75) is 235 Å². The number of amides is 2. The first-order valence-corrected chi connectivity index (χ1v) is 43.6. The lowest BCUT2D eigenvalue weighted by Gasteiger charge is -2.35. The van der Waals surface area contributed by atoms with Gasteiger partial charge < -0.3 is 57.5 Å². The van der Waals surface area contributed by atoms with Crippen LogP contribution in [0.2, 0.25) is 10.0 Å². The van der Waals surface area contributed by atoms with E-state index in [0.717, 1.165) is 56.3 Å². The molecule has 2 amide bonds. The Kier molecular flexibility index (Phi) is 26.9. The molecule has 8 fully saturated rings. The number of hydrogen-bond acceptors (Lipinski definition) is 21. The van der Waals surface area contributed by atoms with E-state index in [-0.39, 0.29) is 117 Å². The molecule has 1 N–H and O–H groups in total. The Morgan fingerprint density at radius 3 is 1.27 bits per heavy atom. The number of rotatable bonds is 36. The van der Waals surface area contributed by atoms with Gasteiger partial charge >= 0.3 is 23.9 Å². The van der Waals surface area contributed by atoms with Crippen LogP contribution < -0.4 is 18.9 Å². The molecule has 2 saturated heterocycles. The summed E-state index contributed by atoms with van der Waals surface area (Å²) in [6, 6.07) is 12.8. The number of aliphatic carboxylic acids is 1. The number of carbonyl (C=O) groups excluding carboxylic acids is 7. The summed E-state index contributed by atoms with van der Waals surface area (Å²) in [5.41, 5.74) is -0.694. The normalized spacial score (nSPS) is 26.3. The highest BCUT2D eigenvalue weighted by atomic mass is 35.5. The molecule has 14 rings (SSSR count). The molecule has 28 heteroatoms. The lowest BCUT2D eigenvalue weighted by molar-refractivity contribution is -0.157. The standard InChI is InChI=1S/C46H61ClN4O9.C45H59ClN4O9/c1-9-29-23-46(29,44(55)57-8)24-36(52)35-20-32(25-50(35)43(54)34(45(4,5)6)21-40(53)60-31-18-27-17-28(27)19-31)59-38-22-39(51-13-12-30(49-51)16-26(2)3)48-42-33(38)10-11-37(41(42)47)58-15-14-56-7;1-8-28-22-45(28,43(54)55)23-35(51)34-19-31(24-49(34)42(53)33(44(4,5)6)20-39(52)59-30-17-26-16-27(26)18-30)58-37-21-38(50-12-11-29(48-50)15-25(2)3)47-41-32(37)9-10-36(40(41)46)57-14-13-56-7/h10-13,22,26-29,31-32,34-35H,9,14-21,23-25H2,1-8H3;9-12,21,25-28,30-31,33-34H,8,13-20,22-24H2,1-7H3,(H,54,55)/t27-,28+,29-,31?,32-,34-,35+,46-;26-,27+,28-,30?,31-,33-,34+,45-/m11/s1. The van der Waals surface area contributed by atoms with Crippen molar-refractivity contribution in [1.82, 2.24) is 39.3 Å². The Labute approximate surface area is 707 Å². The van der Waals surface area contributed by atoms with Crippen molar-refractivity contribution in [2.24, 2.45) is 80.8 Å². The van der Waals surface area contributed by atoms with Gasteiger partial charge in [0, 0.05) is 75.2 Å².